The summed E-state index contributed by atoms with van der Waals surface area (Å²) in [5, 5.41) is 2.35. The number of carbonyl (C=O) groups is 1. The molecule has 16 heavy (non-hydrogen) atoms. The Morgan fingerprint density at radius 2 is 1.94 bits per heavy atom. The monoisotopic (exact) mass is 243 g/mol. The first-order chi connectivity index (χ1) is 7.47. The number of ether oxygens (including phenoxy) is 1. The van der Waals surface area contributed by atoms with Crippen molar-refractivity contribution in [3.05, 3.63) is 30.3 Å². The van der Waals surface area contributed by atoms with Gasteiger partial charge in [0, 0.05) is 12.8 Å². The van der Waals surface area contributed by atoms with Gasteiger partial charge in [0.2, 0.25) is 0 Å². The summed E-state index contributed by atoms with van der Waals surface area (Å²) in [6, 6.07) is 8.54. The number of carbonyl (C=O) groups excluding carboxylic acids is 1. The predicted octanol–water partition coefficient (Wildman–Crippen LogP) is 0.820. The van der Waals surface area contributed by atoms with E-state index in [0.29, 0.717) is 5.75 Å². The van der Waals surface area contributed by atoms with Crippen LogP contribution in [-0.4, -0.2) is 33.1 Å². The average Bonchev–Trinajstić information content (AvgIpc) is 2.17. The van der Waals surface area contributed by atoms with Gasteiger partial charge in [-0.3, -0.25) is 0 Å². The number of para-hydroxylation sites is 1. The maximum Gasteiger partial charge on any atom is 0.412 e. The van der Waals surface area contributed by atoms with Crippen LogP contribution < -0.4 is 10.1 Å². The highest BCUT2D eigenvalue weighted by Gasteiger charge is 2.06. The lowest BCUT2D eigenvalue weighted by atomic mass is 10.3. The average molecular weight is 243 g/mol. The fourth-order valence-electron chi connectivity index (χ4n) is 0.970. The number of sulfone groups is 1. The van der Waals surface area contributed by atoms with Crippen LogP contribution in [0.2, 0.25) is 0 Å². The molecule has 0 heterocycles. The zero-order chi connectivity index (χ0) is 12.0. The summed E-state index contributed by atoms with van der Waals surface area (Å²) >= 11 is 0. The van der Waals surface area contributed by atoms with Crippen molar-refractivity contribution in [1.29, 1.82) is 0 Å². The van der Waals surface area contributed by atoms with Gasteiger partial charge in [0.15, 0.2) is 0 Å². The molecule has 0 aromatic heterocycles. The Morgan fingerprint density at radius 1 is 1.31 bits per heavy atom. The van der Waals surface area contributed by atoms with Gasteiger partial charge in [-0.05, 0) is 12.1 Å². The predicted molar refractivity (Wildman–Crippen MR) is 60.2 cm³/mol. The minimum atomic E-state index is -3.06. The molecule has 88 valence electrons. The summed E-state index contributed by atoms with van der Waals surface area (Å²) in [7, 11) is -3.06. The normalized spacial score (nSPS) is 10.8. The van der Waals surface area contributed by atoms with E-state index in [-0.39, 0.29) is 12.3 Å². The molecule has 0 fully saturated rings. The van der Waals surface area contributed by atoms with Gasteiger partial charge in [-0.1, -0.05) is 18.2 Å². The Morgan fingerprint density at radius 3 is 2.50 bits per heavy atom. The van der Waals surface area contributed by atoms with E-state index in [1.807, 2.05) is 0 Å². The summed E-state index contributed by atoms with van der Waals surface area (Å²) in [4.78, 5) is 11.2. The van der Waals surface area contributed by atoms with Crippen LogP contribution >= 0.6 is 0 Å². The van der Waals surface area contributed by atoms with Crippen LogP contribution in [0.3, 0.4) is 0 Å². The first-order valence-corrected chi connectivity index (χ1v) is 6.72. The molecule has 0 radical (unpaired) electrons. The third-order valence-electron chi connectivity index (χ3n) is 1.70. The molecule has 0 atom stereocenters. The number of hydrogen-bond donors (Lipinski definition) is 1. The van der Waals surface area contributed by atoms with Gasteiger partial charge in [0.1, 0.15) is 15.6 Å². The van der Waals surface area contributed by atoms with Crippen molar-refractivity contribution in [2.24, 2.45) is 0 Å². The highest BCUT2D eigenvalue weighted by Crippen LogP contribution is 2.07. The Labute approximate surface area is 94.3 Å². The highest BCUT2D eigenvalue weighted by atomic mass is 32.2. The summed E-state index contributed by atoms with van der Waals surface area (Å²) < 4.78 is 26.4. The summed E-state index contributed by atoms with van der Waals surface area (Å²) in [5.41, 5.74) is 0. The third-order valence-corrected chi connectivity index (χ3v) is 2.64. The number of amides is 1. The summed E-state index contributed by atoms with van der Waals surface area (Å²) in [5.74, 6) is 0.316. The lowest BCUT2D eigenvalue weighted by molar-refractivity contribution is 0.201. The number of rotatable bonds is 4. The topological polar surface area (TPSA) is 72.5 Å². The lowest BCUT2D eigenvalue weighted by Crippen LogP contribution is -2.31. The van der Waals surface area contributed by atoms with E-state index in [0.717, 1.165) is 6.26 Å². The Kier molecular flexibility index (Phi) is 4.30. The minimum Gasteiger partial charge on any atom is -0.410 e. The molecule has 0 aliphatic rings. The SMILES string of the molecule is CS(=O)(=O)CCNC(=O)Oc1ccccc1. The first kappa shape index (κ1) is 12.5. The minimum absolute atomic E-state index is 0.0461. The van der Waals surface area contributed by atoms with Crippen LogP contribution in [0.5, 0.6) is 5.75 Å². The molecule has 0 bridgehead atoms. The van der Waals surface area contributed by atoms with E-state index in [2.05, 4.69) is 5.32 Å². The summed E-state index contributed by atoms with van der Waals surface area (Å²) in [6.07, 6.45) is 0.451. The molecule has 5 nitrogen and oxygen atoms in total. The molecule has 1 N–H and O–H groups in total. The van der Waals surface area contributed by atoms with Gasteiger partial charge >= 0.3 is 6.09 Å². The van der Waals surface area contributed by atoms with E-state index in [1.165, 1.54) is 0 Å². The van der Waals surface area contributed by atoms with Crippen molar-refractivity contribution in [1.82, 2.24) is 5.32 Å². The van der Waals surface area contributed by atoms with E-state index in [9.17, 15) is 13.2 Å². The molecular weight excluding hydrogens is 230 g/mol. The zero-order valence-corrected chi connectivity index (χ0v) is 9.66. The third kappa shape index (κ3) is 5.35. The van der Waals surface area contributed by atoms with Crippen LogP contribution in [0.25, 0.3) is 0 Å². The van der Waals surface area contributed by atoms with E-state index >= 15 is 0 Å². The molecule has 1 aromatic rings. The smallest absolute Gasteiger partial charge is 0.410 e. The molecule has 1 rings (SSSR count). The molecule has 0 saturated heterocycles. The molecule has 0 aliphatic carbocycles. The van der Waals surface area contributed by atoms with Gasteiger partial charge in [-0.25, -0.2) is 13.2 Å². The standard InChI is InChI=1S/C10H13NO4S/c1-16(13,14)8-7-11-10(12)15-9-5-3-2-4-6-9/h2-6H,7-8H2,1H3,(H,11,12). The molecule has 0 unspecified atom stereocenters. The second-order valence-electron chi connectivity index (χ2n) is 3.26. The number of hydrogen-bond acceptors (Lipinski definition) is 4. The van der Waals surface area contributed by atoms with Crippen molar-refractivity contribution in [2.75, 3.05) is 18.6 Å². The second kappa shape index (κ2) is 5.50. The lowest BCUT2D eigenvalue weighted by Gasteiger charge is -2.05. The zero-order valence-electron chi connectivity index (χ0n) is 8.84. The quantitative estimate of drug-likeness (QED) is 0.849. The second-order valence-corrected chi connectivity index (χ2v) is 5.52. The van der Waals surface area contributed by atoms with Crippen molar-refractivity contribution in [3.8, 4) is 5.75 Å². The van der Waals surface area contributed by atoms with Crippen molar-refractivity contribution in [3.63, 3.8) is 0 Å². The first-order valence-electron chi connectivity index (χ1n) is 4.66. The Balaban J connectivity index is 2.32. The van der Waals surface area contributed by atoms with Crippen LogP contribution in [0.1, 0.15) is 0 Å². The Hall–Kier alpha value is -1.56. The van der Waals surface area contributed by atoms with E-state index in [1.54, 1.807) is 30.3 Å². The van der Waals surface area contributed by atoms with Crippen LogP contribution in [0, 0.1) is 0 Å². The Bertz CT molecular complexity index is 441. The number of nitrogens with one attached hydrogen (secondary N) is 1. The molecule has 1 aromatic carbocycles. The molecule has 0 aliphatic heterocycles. The fourth-order valence-corrected chi connectivity index (χ4v) is 1.44. The van der Waals surface area contributed by atoms with Gasteiger partial charge < -0.3 is 10.1 Å². The molecule has 1 amide bonds. The van der Waals surface area contributed by atoms with E-state index in [4.69, 9.17) is 4.74 Å². The molecule has 0 spiro atoms. The highest BCUT2D eigenvalue weighted by molar-refractivity contribution is 7.90. The summed E-state index contributed by atoms with van der Waals surface area (Å²) in [6.45, 7) is 0.0461. The largest absolute Gasteiger partial charge is 0.412 e. The van der Waals surface area contributed by atoms with Crippen LogP contribution in [0.15, 0.2) is 30.3 Å². The molecule has 6 heteroatoms. The van der Waals surface area contributed by atoms with Crippen molar-refractivity contribution >= 4 is 15.9 Å². The molecule has 0 saturated carbocycles. The van der Waals surface area contributed by atoms with Crippen molar-refractivity contribution in [2.45, 2.75) is 0 Å². The molecular formula is C10H13NO4S. The van der Waals surface area contributed by atoms with Crippen LogP contribution in [0.4, 0.5) is 4.79 Å². The van der Waals surface area contributed by atoms with Crippen LogP contribution in [-0.2, 0) is 9.84 Å². The van der Waals surface area contributed by atoms with E-state index < -0.39 is 15.9 Å². The van der Waals surface area contributed by atoms with Gasteiger partial charge in [0.05, 0.1) is 5.75 Å². The van der Waals surface area contributed by atoms with Gasteiger partial charge in [0.25, 0.3) is 0 Å². The van der Waals surface area contributed by atoms with Gasteiger partial charge in [-0.2, -0.15) is 0 Å². The van der Waals surface area contributed by atoms with Crippen molar-refractivity contribution < 1.29 is 17.9 Å². The fraction of sp³-hybridized carbons (Fsp3) is 0.300. The maximum atomic E-state index is 11.2. The maximum absolute atomic E-state index is 11.2. The van der Waals surface area contributed by atoms with Gasteiger partial charge in [-0.15, -0.1) is 0 Å². The number of benzene rings is 1.